The van der Waals surface area contributed by atoms with E-state index >= 15 is 0 Å². The van der Waals surface area contributed by atoms with Crippen molar-refractivity contribution in [3.8, 4) is 11.5 Å². The SMILES string of the molecule is COc1ccc(NC(=O)C(C)Oc2ccc(NC(C)=O)cc2)cc1Cl. The van der Waals surface area contributed by atoms with Crippen molar-refractivity contribution in [3.63, 3.8) is 0 Å². The van der Waals surface area contributed by atoms with Gasteiger partial charge in [-0.1, -0.05) is 11.6 Å². The lowest BCUT2D eigenvalue weighted by Crippen LogP contribution is -2.30. The summed E-state index contributed by atoms with van der Waals surface area (Å²) in [6.45, 7) is 3.07. The molecule has 0 saturated heterocycles. The van der Waals surface area contributed by atoms with Gasteiger partial charge in [-0.15, -0.1) is 0 Å². The van der Waals surface area contributed by atoms with Crippen LogP contribution in [-0.4, -0.2) is 25.0 Å². The topological polar surface area (TPSA) is 76.7 Å². The van der Waals surface area contributed by atoms with Crippen LogP contribution in [0.4, 0.5) is 11.4 Å². The summed E-state index contributed by atoms with van der Waals surface area (Å²) in [7, 11) is 1.52. The lowest BCUT2D eigenvalue weighted by atomic mass is 10.2. The smallest absolute Gasteiger partial charge is 0.265 e. The quantitative estimate of drug-likeness (QED) is 0.821. The molecule has 0 saturated carbocycles. The highest BCUT2D eigenvalue weighted by atomic mass is 35.5. The number of carbonyl (C=O) groups excluding carboxylic acids is 2. The highest BCUT2D eigenvalue weighted by Crippen LogP contribution is 2.27. The van der Waals surface area contributed by atoms with Crippen molar-refractivity contribution in [2.24, 2.45) is 0 Å². The molecule has 2 rings (SSSR count). The minimum absolute atomic E-state index is 0.153. The van der Waals surface area contributed by atoms with E-state index in [9.17, 15) is 9.59 Å². The summed E-state index contributed by atoms with van der Waals surface area (Å²) >= 11 is 6.04. The molecule has 2 aromatic rings. The molecule has 0 bridgehead atoms. The number of hydrogen-bond donors (Lipinski definition) is 2. The average Bonchev–Trinajstić information content (AvgIpc) is 2.56. The number of nitrogens with one attached hydrogen (secondary N) is 2. The molecule has 2 amide bonds. The van der Waals surface area contributed by atoms with Crippen molar-refractivity contribution in [3.05, 3.63) is 47.5 Å². The molecule has 132 valence electrons. The molecule has 7 heteroatoms. The van der Waals surface area contributed by atoms with Crippen LogP contribution in [-0.2, 0) is 9.59 Å². The number of amides is 2. The maximum absolute atomic E-state index is 12.2. The third-order valence-electron chi connectivity index (χ3n) is 3.28. The van der Waals surface area contributed by atoms with E-state index in [-0.39, 0.29) is 11.8 Å². The monoisotopic (exact) mass is 362 g/mol. The maximum Gasteiger partial charge on any atom is 0.265 e. The first-order valence-corrected chi connectivity index (χ1v) is 7.95. The van der Waals surface area contributed by atoms with Gasteiger partial charge in [0.1, 0.15) is 11.5 Å². The van der Waals surface area contributed by atoms with E-state index in [2.05, 4.69) is 10.6 Å². The van der Waals surface area contributed by atoms with Gasteiger partial charge in [0.25, 0.3) is 5.91 Å². The van der Waals surface area contributed by atoms with Crippen molar-refractivity contribution in [1.82, 2.24) is 0 Å². The molecule has 0 aliphatic heterocycles. The van der Waals surface area contributed by atoms with Crippen molar-refractivity contribution < 1.29 is 19.1 Å². The van der Waals surface area contributed by atoms with E-state index in [0.717, 1.165) is 0 Å². The molecule has 2 N–H and O–H groups in total. The summed E-state index contributed by atoms with van der Waals surface area (Å²) in [6.07, 6.45) is -0.715. The number of methoxy groups -OCH3 is 1. The first-order valence-electron chi connectivity index (χ1n) is 7.57. The number of benzene rings is 2. The summed E-state index contributed by atoms with van der Waals surface area (Å²) < 4.78 is 10.7. The molecular formula is C18H19ClN2O4. The van der Waals surface area contributed by atoms with E-state index in [1.807, 2.05) is 0 Å². The van der Waals surface area contributed by atoms with Crippen LogP contribution in [0.5, 0.6) is 11.5 Å². The van der Waals surface area contributed by atoms with Crippen molar-refractivity contribution in [2.45, 2.75) is 20.0 Å². The zero-order valence-electron chi connectivity index (χ0n) is 14.1. The standard InChI is InChI=1S/C18H19ClN2O4/c1-11(25-15-7-4-13(5-8-15)20-12(2)22)18(23)21-14-6-9-17(24-3)16(19)10-14/h4-11H,1-3H3,(H,20,22)(H,21,23). The zero-order chi connectivity index (χ0) is 18.4. The Labute approximate surface area is 151 Å². The number of rotatable bonds is 6. The maximum atomic E-state index is 12.2. The molecule has 0 fully saturated rings. The fourth-order valence-corrected chi connectivity index (χ4v) is 2.32. The Morgan fingerprint density at radius 1 is 1.04 bits per heavy atom. The number of anilines is 2. The Hall–Kier alpha value is -2.73. The van der Waals surface area contributed by atoms with Gasteiger partial charge in [-0.2, -0.15) is 0 Å². The van der Waals surface area contributed by atoms with Crippen LogP contribution in [0, 0.1) is 0 Å². The highest BCUT2D eigenvalue weighted by molar-refractivity contribution is 6.32. The van der Waals surface area contributed by atoms with Gasteiger partial charge in [0.05, 0.1) is 12.1 Å². The van der Waals surface area contributed by atoms with Crippen LogP contribution < -0.4 is 20.1 Å². The van der Waals surface area contributed by atoms with Gasteiger partial charge in [0.15, 0.2) is 6.10 Å². The summed E-state index contributed by atoms with van der Waals surface area (Å²) in [5.41, 5.74) is 1.21. The molecule has 0 spiro atoms. The van der Waals surface area contributed by atoms with Crippen LogP contribution in [0.2, 0.25) is 5.02 Å². The Bertz CT molecular complexity index is 762. The Morgan fingerprint density at radius 2 is 1.68 bits per heavy atom. The Morgan fingerprint density at radius 3 is 2.24 bits per heavy atom. The van der Waals surface area contributed by atoms with Crippen molar-refractivity contribution in [1.29, 1.82) is 0 Å². The number of hydrogen-bond acceptors (Lipinski definition) is 4. The molecule has 0 heterocycles. The third-order valence-corrected chi connectivity index (χ3v) is 3.57. The van der Waals surface area contributed by atoms with Crippen LogP contribution >= 0.6 is 11.6 Å². The molecular weight excluding hydrogens is 344 g/mol. The number of halogens is 1. The van der Waals surface area contributed by atoms with Crippen molar-refractivity contribution >= 4 is 34.8 Å². The second-order valence-electron chi connectivity index (χ2n) is 5.30. The molecule has 0 aromatic heterocycles. The molecule has 0 aliphatic rings. The number of ether oxygens (including phenoxy) is 2. The highest BCUT2D eigenvalue weighted by Gasteiger charge is 2.15. The van der Waals surface area contributed by atoms with Crippen LogP contribution in [0.15, 0.2) is 42.5 Å². The summed E-state index contributed by atoms with van der Waals surface area (Å²) in [4.78, 5) is 23.2. The van der Waals surface area contributed by atoms with Crippen molar-refractivity contribution in [2.75, 3.05) is 17.7 Å². The predicted octanol–water partition coefficient (Wildman–Crippen LogP) is 3.71. The summed E-state index contributed by atoms with van der Waals surface area (Å²) in [6, 6.07) is 11.7. The van der Waals surface area contributed by atoms with Gasteiger partial charge in [0.2, 0.25) is 5.91 Å². The van der Waals surface area contributed by atoms with Gasteiger partial charge in [0, 0.05) is 18.3 Å². The largest absolute Gasteiger partial charge is 0.495 e. The zero-order valence-corrected chi connectivity index (χ0v) is 14.9. The van der Waals surface area contributed by atoms with Crippen LogP contribution in [0.3, 0.4) is 0 Å². The molecule has 0 radical (unpaired) electrons. The lowest BCUT2D eigenvalue weighted by Gasteiger charge is -2.15. The van der Waals surface area contributed by atoms with E-state index in [4.69, 9.17) is 21.1 Å². The first kappa shape index (κ1) is 18.6. The second-order valence-corrected chi connectivity index (χ2v) is 5.71. The van der Waals surface area contributed by atoms with E-state index in [0.29, 0.717) is 27.9 Å². The van der Waals surface area contributed by atoms with E-state index in [1.54, 1.807) is 49.4 Å². The molecule has 0 aliphatic carbocycles. The number of carbonyl (C=O) groups is 2. The normalized spacial score (nSPS) is 11.4. The van der Waals surface area contributed by atoms with Gasteiger partial charge in [-0.05, 0) is 49.4 Å². The van der Waals surface area contributed by atoms with Gasteiger partial charge in [-0.25, -0.2) is 0 Å². The fourth-order valence-electron chi connectivity index (χ4n) is 2.07. The Kier molecular flexibility index (Phi) is 6.25. The third kappa shape index (κ3) is 5.39. The predicted molar refractivity (Wildman–Crippen MR) is 97.5 cm³/mol. The first-order chi connectivity index (χ1) is 11.9. The second kappa shape index (κ2) is 8.39. The summed E-state index contributed by atoms with van der Waals surface area (Å²) in [5.74, 6) is 0.583. The van der Waals surface area contributed by atoms with E-state index in [1.165, 1.54) is 14.0 Å². The fraction of sp³-hybridized carbons (Fsp3) is 0.222. The molecule has 6 nitrogen and oxygen atoms in total. The van der Waals surface area contributed by atoms with Gasteiger partial charge in [-0.3, -0.25) is 9.59 Å². The van der Waals surface area contributed by atoms with Crippen LogP contribution in [0.1, 0.15) is 13.8 Å². The minimum atomic E-state index is -0.715. The van der Waals surface area contributed by atoms with Gasteiger partial charge < -0.3 is 20.1 Å². The van der Waals surface area contributed by atoms with Gasteiger partial charge >= 0.3 is 0 Å². The minimum Gasteiger partial charge on any atom is -0.495 e. The Balaban J connectivity index is 1.95. The molecule has 2 aromatic carbocycles. The lowest BCUT2D eigenvalue weighted by molar-refractivity contribution is -0.122. The molecule has 1 unspecified atom stereocenters. The average molecular weight is 363 g/mol. The molecule has 1 atom stereocenters. The van der Waals surface area contributed by atoms with Crippen LogP contribution in [0.25, 0.3) is 0 Å². The molecule has 25 heavy (non-hydrogen) atoms. The summed E-state index contributed by atoms with van der Waals surface area (Å²) in [5, 5.41) is 5.79. The van der Waals surface area contributed by atoms with E-state index < -0.39 is 6.10 Å².